The average molecular weight is 189 g/mol. The van der Waals surface area contributed by atoms with Crippen molar-refractivity contribution in [2.24, 2.45) is 4.99 Å². The Morgan fingerprint density at radius 3 is 3.07 bits per heavy atom. The molecule has 1 aliphatic heterocycles. The number of hydrogen-bond donors (Lipinski definition) is 2. The Hall–Kier alpha value is -1.51. The number of rotatable bonds is 1. The van der Waals surface area contributed by atoms with Crippen LogP contribution in [0.15, 0.2) is 29.3 Å². The number of nitrogens with one attached hydrogen (secondary N) is 2. The number of anilines is 1. The predicted molar refractivity (Wildman–Crippen MR) is 59.7 cm³/mol. The van der Waals surface area contributed by atoms with E-state index in [0.717, 1.165) is 31.2 Å². The van der Waals surface area contributed by atoms with E-state index < -0.39 is 0 Å². The monoisotopic (exact) mass is 189 g/mol. The highest BCUT2D eigenvalue weighted by Gasteiger charge is 2.03. The molecular formula is C11H15N3. The van der Waals surface area contributed by atoms with Crippen LogP contribution in [0, 0.1) is 6.92 Å². The van der Waals surface area contributed by atoms with E-state index in [1.807, 2.05) is 12.1 Å². The summed E-state index contributed by atoms with van der Waals surface area (Å²) in [6.07, 6.45) is 1.12. The van der Waals surface area contributed by atoms with E-state index in [4.69, 9.17) is 0 Å². The van der Waals surface area contributed by atoms with Gasteiger partial charge in [-0.05, 0) is 31.0 Å². The van der Waals surface area contributed by atoms with Gasteiger partial charge in [0.05, 0.1) is 0 Å². The smallest absolute Gasteiger partial charge is 0.195 e. The molecule has 0 spiro atoms. The van der Waals surface area contributed by atoms with Gasteiger partial charge in [-0.1, -0.05) is 12.1 Å². The van der Waals surface area contributed by atoms with E-state index in [1.165, 1.54) is 5.56 Å². The highest BCUT2D eigenvalue weighted by atomic mass is 15.2. The van der Waals surface area contributed by atoms with Crippen molar-refractivity contribution in [1.82, 2.24) is 5.32 Å². The van der Waals surface area contributed by atoms with Crippen LogP contribution in [0.4, 0.5) is 5.69 Å². The third-order valence-corrected chi connectivity index (χ3v) is 2.18. The van der Waals surface area contributed by atoms with Crippen molar-refractivity contribution in [1.29, 1.82) is 0 Å². The molecule has 74 valence electrons. The van der Waals surface area contributed by atoms with E-state index in [0.29, 0.717) is 0 Å². The Labute approximate surface area is 84.2 Å². The molecule has 1 aliphatic rings. The maximum atomic E-state index is 4.35. The normalized spacial score (nSPS) is 15.6. The fourth-order valence-corrected chi connectivity index (χ4v) is 1.48. The Bertz CT molecular complexity index is 344. The van der Waals surface area contributed by atoms with Gasteiger partial charge in [-0.25, -0.2) is 0 Å². The van der Waals surface area contributed by atoms with Crippen LogP contribution in [-0.2, 0) is 0 Å². The van der Waals surface area contributed by atoms with E-state index >= 15 is 0 Å². The molecule has 1 aromatic rings. The van der Waals surface area contributed by atoms with Crippen molar-refractivity contribution in [2.45, 2.75) is 13.3 Å². The first kappa shape index (κ1) is 9.06. The summed E-state index contributed by atoms with van der Waals surface area (Å²) in [4.78, 5) is 4.35. The molecule has 2 rings (SSSR count). The number of aliphatic imine (C=N–C) groups is 1. The summed E-state index contributed by atoms with van der Waals surface area (Å²) in [5.74, 6) is 0.891. The predicted octanol–water partition coefficient (Wildman–Crippen LogP) is 1.76. The molecule has 1 aromatic carbocycles. The van der Waals surface area contributed by atoms with Crippen LogP contribution >= 0.6 is 0 Å². The minimum absolute atomic E-state index is 0.891. The summed E-state index contributed by atoms with van der Waals surface area (Å²) < 4.78 is 0. The second-order valence-electron chi connectivity index (χ2n) is 3.51. The molecule has 3 nitrogen and oxygen atoms in total. The summed E-state index contributed by atoms with van der Waals surface area (Å²) in [7, 11) is 0. The van der Waals surface area contributed by atoms with Crippen molar-refractivity contribution in [3.8, 4) is 0 Å². The zero-order valence-electron chi connectivity index (χ0n) is 8.38. The van der Waals surface area contributed by atoms with Crippen LogP contribution in [0.3, 0.4) is 0 Å². The van der Waals surface area contributed by atoms with Crippen LogP contribution in [0.5, 0.6) is 0 Å². The maximum absolute atomic E-state index is 4.35. The lowest BCUT2D eigenvalue weighted by Gasteiger charge is -2.16. The van der Waals surface area contributed by atoms with Gasteiger partial charge >= 0.3 is 0 Å². The van der Waals surface area contributed by atoms with Crippen LogP contribution in [0.1, 0.15) is 12.0 Å². The molecule has 0 unspecified atom stereocenters. The minimum atomic E-state index is 0.891. The Kier molecular flexibility index (Phi) is 2.68. The SMILES string of the molecule is Cc1cccc(NC2=NCCCN2)c1. The van der Waals surface area contributed by atoms with Gasteiger partial charge in [0.2, 0.25) is 0 Å². The highest BCUT2D eigenvalue weighted by Crippen LogP contribution is 2.09. The molecule has 3 heteroatoms. The molecule has 0 fully saturated rings. The highest BCUT2D eigenvalue weighted by molar-refractivity contribution is 5.93. The third-order valence-electron chi connectivity index (χ3n) is 2.18. The number of aryl methyl sites for hydroxylation is 1. The number of hydrogen-bond acceptors (Lipinski definition) is 3. The lowest BCUT2D eigenvalue weighted by molar-refractivity contribution is 0.740. The lowest BCUT2D eigenvalue weighted by Crippen LogP contribution is -2.35. The van der Waals surface area contributed by atoms with E-state index in [9.17, 15) is 0 Å². The van der Waals surface area contributed by atoms with E-state index in [1.54, 1.807) is 0 Å². The van der Waals surface area contributed by atoms with Crippen LogP contribution in [0.25, 0.3) is 0 Å². The van der Waals surface area contributed by atoms with Gasteiger partial charge in [0, 0.05) is 18.8 Å². The van der Waals surface area contributed by atoms with Crippen LogP contribution in [-0.4, -0.2) is 19.0 Å². The van der Waals surface area contributed by atoms with Gasteiger partial charge in [-0.3, -0.25) is 4.99 Å². The Balaban J connectivity index is 2.06. The lowest BCUT2D eigenvalue weighted by atomic mass is 10.2. The molecule has 0 atom stereocenters. The molecule has 0 aromatic heterocycles. The molecule has 0 bridgehead atoms. The molecule has 0 saturated heterocycles. The topological polar surface area (TPSA) is 36.4 Å². The Morgan fingerprint density at radius 1 is 1.43 bits per heavy atom. The second kappa shape index (κ2) is 4.13. The van der Waals surface area contributed by atoms with E-state index in [-0.39, 0.29) is 0 Å². The van der Waals surface area contributed by atoms with Gasteiger partial charge in [0.25, 0.3) is 0 Å². The summed E-state index contributed by atoms with van der Waals surface area (Å²) >= 11 is 0. The summed E-state index contributed by atoms with van der Waals surface area (Å²) in [6, 6.07) is 8.28. The molecule has 0 amide bonds. The number of guanidine groups is 1. The molecular weight excluding hydrogens is 174 g/mol. The van der Waals surface area contributed by atoms with Gasteiger partial charge in [0.15, 0.2) is 5.96 Å². The zero-order chi connectivity index (χ0) is 9.80. The molecule has 0 aliphatic carbocycles. The molecule has 14 heavy (non-hydrogen) atoms. The van der Waals surface area contributed by atoms with Crippen molar-refractivity contribution in [3.05, 3.63) is 29.8 Å². The van der Waals surface area contributed by atoms with Gasteiger partial charge < -0.3 is 10.6 Å². The Morgan fingerprint density at radius 2 is 2.36 bits per heavy atom. The summed E-state index contributed by atoms with van der Waals surface area (Å²) in [5.41, 5.74) is 2.35. The molecule has 0 radical (unpaired) electrons. The second-order valence-corrected chi connectivity index (χ2v) is 3.51. The van der Waals surface area contributed by atoms with Crippen molar-refractivity contribution in [3.63, 3.8) is 0 Å². The first-order valence-corrected chi connectivity index (χ1v) is 4.96. The van der Waals surface area contributed by atoms with Crippen molar-refractivity contribution in [2.75, 3.05) is 18.4 Å². The van der Waals surface area contributed by atoms with Crippen molar-refractivity contribution >= 4 is 11.6 Å². The first-order chi connectivity index (χ1) is 6.84. The van der Waals surface area contributed by atoms with Gasteiger partial charge in [-0.15, -0.1) is 0 Å². The largest absolute Gasteiger partial charge is 0.356 e. The quantitative estimate of drug-likeness (QED) is 0.706. The van der Waals surface area contributed by atoms with E-state index in [2.05, 4.69) is 34.7 Å². The standard InChI is InChI=1S/C11H15N3/c1-9-4-2-5-10(8-9)14-11-12-6-3-7-13-11/h2,4-5,8H,3,6-7H2,1H3,(H2,12,13,14). The fourth-order valence-electron chi connectivity index (χ4n) is 1.48. The van der Waals surface area contributed by atoms with Gasteiger partial charge in [-0.2, -0.15) is 0 Å². The van der Waals surface area contributed by atoms with Crippen LogP contribution in [0.2, 0.25) is 0 Å². The summed E-state index contributed by atoms with van der Waals surface area (Å²) in [6.45, 7) is 4.01. The minimum Gasteiger partial charge on any atom is -0.356 e. The van der Waals surface area contributed by atoms with Gasteiger partial charge in [0.1, 0.15) is 0 Å². The zero-order valence-corrected chi connectivity index (χ0v) is 8.38. The van der Waals surface area contributed by atoms with Crippen LogP contribution < -0.4 is 10.6 Å². The maximum Gasteiger partial charge on any atom is 0.195 e. The molecule has 1 heterocycles. The van der Waals surface area contributed by atoms with Crippen molar-refractivity contribution < 1.29 is 0 Å². The molecule has 0 saturated carbocycles. The number of nitrogens with zero attached hydrogens (tertiary/aromatic N) is 1. The number of benzene rings is 1. The molecule has 2 N–H and O–H groups in total. The average Bonchev–Trinajstić information content (AvgIpc) is 2.19. The first-order valence-electron chi connectivity index (χ1n) is 4.96. The summed E-state index contributed by atoms with van der Waals surface area (Å²) in [5, 5.41) is 6.49. The fraction of sp³-hybridized carbons (Fsp3) is 0.364. The third kappa shape index (κ3) is 2.25.